The van der Waals surface area contributed by atoms with E-state index in [1.165, 1.54) is 48.5 Å². The van der Waals surface area contributed by atoms with Crippen LogP contribution in [0.5, 0.6) is 17.2 Å². The Balaban J connectivity index is 1.88. The van der Waals surface area contributed by atoms with E-state index in [2.05, 4.69) is 0 Å². The molecule has 0 fully saturated rings. The Bertz CT molecular complexity index is 1180. The van der Waals surface area contributed by atoms with Gasteiger partial charge in [0.25, 0.3) is 0 Å². The third-order valence-corrected chi connectivity index (χ3v) is 4.61. The zero-order chi connectivity index (χ0) is 21.3. The molecule has 0 atom stereocenters. The van der Waals surface area contributed by atoms with E-state index in [-0.39, 0.29) is 34.1 Å². The third kappa shape index (κ3) is 3.66. The van der Waals surface area contributed by atoms with Crippen LogP contribution in [0.25, 0.3) is 11.6 Å². The van der Waals surface area contributed by atoms with Crippen molar-refractivity contribution in [3.63, 3.8) is 0 Å². The topological polar surface area (TPSA) is 104 Å². The highest BCUT2D eigenvalue weighted by Gasteiger charge is 2.36. The number of ketones is 1. The van der Waals surface area contributed by atoms with Gasteiger partial charge >= 0.3 is 5.97 Å². The molecule has 3 aromatic rings. The summed E-state index contributed by atoms with van der Waals surface area (Å²) in [6.45, 7) is 0. The standard InChI is InChI=1S/C24H16O6/c25-17-7-1-14(2-8-17)13-20-21(15-3-9-18(26)10-4-15)22(24(29)30-20)23(28)16-5-11-19(27)12-6-16/h1-13,25-27H/b20-13-. The van der Waals surface area contributed by atoms with Gasteiger partial charge in [0.05, 0.1) is 0 Å². The number of phenolic OH excluding ortho intramolecular Hbond substituents is 3. The van der Waals surface area contributed by atoms with E-state index >= 15 is 0 Å². The average Bonchev–Trinajstić information content (AvgIpc) is 3.06. The van der Waals surface area contributed by atoms with Crippen molar-refractivity contribution in [2.45, 2.75) is 0 Å². The van der Waals surface area contributed by atoms with Gasteiger partial charge in [0, 0.05) is 11.1 Å². The molecular formula is C24H16O6. The molecule has 148 valence electrons. The number of Topliss-reactive ketones (excluding diaryl/α,β-unsaturated/α-hetero) is 1. The second-order valence-corrected chi connectivity index (χ2v) is 6.66. The van der Waals surface area contributed by atoms with Crippen LogP contribution in [0.1, 0.15) is 21.5 Å². The summed E-state index contributed by atoms with van der Waals surface area (Å²) in [5, 5.41) is 28.6. The first-order valence-corrected chi connectivity index (χ1v) is 9.03. The van der Waals surface area contributed by atoms with Crippen LogP contribution in [0.15, 0.2) is 84.1 Å². The number of hydrogen-bond donors (Lipinski definition) is 3. The molecular weight excluding hydrogens is 384 g/mol. The highest BCUT2D eigenvalue weighted by atomic mass is 16.5. The molecule has 1 aliphatic rings. The van der Waals surface area contributed by atoms with E-state index in [1.54, 1.807) is 30.3 Å². The normalized spacial score (nSPS) is 14.8. The van der Waals surface area contributed by atoms with Crippen LogP contribution in [0.2, 0.25) is 0 Å². The van der Waals surface area contributed by atoms with E-state index in [4.69, 9.17) is 4.74 Å². The predicted molar refractivity (Wildman–Crippen MR) is 110 cm³/mol. The summed E-state index contributed by atoms with van der Waals surface area (Å²) in [6.07, 6.45) is 1.59. The molecule has 0 unspecified atom stereocenters. The van der Waals surface area contributed by atoms with Gasteiger partial charge in [0.2, 0.25) is 5.78 Å². The number of hydrogen-bond acceptors (Lipinski definition) is 6. The second-order valence-electron chi connectivity index (χ2n) is 6.66. The van der Waals surface area contributed by atoms with Crippen LogP contribution < -0.4 is 0 Å². The van der Waals surface area contributed by atoms with Crippen molar-refractivity contribution in [3.05, 3.63) is 101 Å². The molecule has 6 nitrogen and oxygen atoms in total. The van der Waals surface area contributed by atoms with Crippen molar-refractivity contribution < 1.29 is 29.6 Å². The molecule has 30 heavy (non-hydrogen) atoms. The highest BCUT2D eigenvalue weighted by molar-refractivity contribution is 6.32. The van der Waals surface area contributed by atoms with Gasteiger partial charge in [0.1, 0.15) is 28.6 Å². The molecule has 3 N–H and O–H groups in total. The number of cyclic esters (lactones) is 1. The molecule has 3 aromatic carbocycles. The smallest absolute Gasteiger partial charge is 0.348 e. The fourth-order valence-corrected chi connectivity index (χ4v) is 3.13. The lowest BCUT2D eigenvalue weighted by Gasteiger charge is -2.07. The zero-order valence-electron chi connectivity index (χ0n) is 15.6. The molecule has 0 saturated heterocycles. The quantitative estimate of drug-likeness (QED) is 0.347. The van der Waals surface area contributed by atoms with Crippen molar-refractivity contribution >= 4 is 23.4 Å². The Labute approximate surface area is 171 Å². The Morgan fingerprint density at radius 2 is 1.23 bits per heavy atom. The summed E-state index contributed by atoms with van der Waals surface area (Å²) in [4.78, 5) is 25.8. The maximum atomic E-state index is 13.1. The minimum atomic E-state index is -0.791. The van der Waals surface area contributed by atoms with Gasteiger partial charge < -0.3 is 20.1 Å². The zero-order valence-corrected chi connectivity index (χ0v) is 15.6. The summed E-state index contributed by atoms with van der Waals surface area (Å²) in [7, 11) is 0. The van der Waals surface area contributed by atoms with Gasteiger partial charge in [-0.3, -0.25) is 4.79 Å². The van der Waals surface area contributed by atoms with E-state index in [0.717, 1.165) is 0 Å². The SMILES string of the molecule is O=C1O/C(=C\c2ccc(O)cc2)C(c2ccc(O)cc2)=C1C(=O)c1ccc(O)cc1. The largest absolute Gasteiger partial charge is 0.508 e. The van der Waals surface area contributed by atoms with E-state index in [9.17, 15) is 24.9 Å². The lowest BCUT2D eigenvalue weighted by Crippen LogP contribution is -2.11. The Morgan fingerprint density at radius 3 is 1.80 bits per heavy atom. The highest BCUT2D eigenvalue weighted by Crippen LogP contribution is 2.38. The molecule has 0 bridgehead atoms. The van der Waals surface area contributed by atoms with Crippen LogP contribution in [0, 0.1) is 0 Å². The molecule has 0 radical (unpaired) electrons. The van der Waals surface area contributed by atoms with Crippen molar-refractivity contribution in [1.29, 1.82) is 0 Å². The first-order chi connectivity index (χ1) is 14.4. The summed E-state index contributed by atoms with van der Waals surface area (Å²) in [5.41, 5.74) is 1.56. The number of phenols is 3. The Hall–Kier alpha value is -4.32. The number of aromatic hydroxyl groups is 3. The summed E-state index contributed by atoms with van der Waals surface area (Å²) in [5.74, 6) is -1.02. The van der Waals surface area contributed by atoms with E-state index in [1.807, 2.05) is 0 Å². The van der Waals surface area contributed by atoms with E-state index < -0.39 is 11.8 Å². The van der Waals surface area contributed by atoms with Gasteiger partial charge in [-0.25, -0.2) is 4.79 Å². The third-order valence-electron chi connectivity index (χ3n) is 4.61. The summed E-state index contributed by atoms with van der Waals surface area (Å²) < 4.78 is 5.42. The van der Waals surface area contributed by atoms with Gasteiger partial charge in [-0.1, -0.05) is 24.3 Å². The molecule has 1 aliphatic heterocycles. The van der Waals surface area contributed by atoms with Gasteiger partial charge in [0.15, 0.2) is 0 Å². The van der Waals surface area contributed by atoms with Crippen molar-refractivity contribution in [2.24, 2.45) is 0 Å². The molecule has 0 aromatic heterocycles. The monoisotopic (exact) mass is 400 g/mol. The van der Waals surface area contributed by atoms with Crippen molar-refractivity contribution in [2.75, 3.05) is 0 Å². The van der Waals surface area contributed by atoms with E-state index in [0.29, 0.717) is 16.7 Å². The van der Waals surface area contributed by atoms with Crippen LogP contribution in [-0.4, -0.2) is 27.1 Å². The van der Waals surface area contributed by atoms with Gasteiger partial charge in [-0.2, -0.15) is 0 Å². The number of carbonyl (C=O) groups excluding carboxylic acids is 2. The van der Waals surface area contributed by atoms with Gasteiger partial charge in [-0.05, 0) is 65.7 Å². The predicted octanol–water partition coefficient (Wildman–Crippen LogP) is 4.04. The second kappa shape index (κ2) is 7.60. The number of esters is 1. The molecule has 6 heteroatoms. The number of benzene rings is 3. The van der Waals surface area contributed by atoms with Crippen LogP contribution in [0.4, 0.5) is 0 Å². The first kappa shape index (κ1) is 19.0. The molecule has 0 aliphatic carbocycles. The summed E-state index contributed by atoms with van der Waals surface area (Å²) in [6, 6.07) is 17.9. The number of allylic oxidation sites excluding steroid dienone is 1. The first-order valence-electron chi connectivity index (χ1n) is 9.03. The fourth-order valence-electron chi connectivity index (χ4n) is 3.13. The number of carbonyl (C=O) groups is 2. The molecule has 1 heterocycles. The Kier molecular flexibility index (Phi) is 4.82. The molecule has 0 amide bonds. The van der Waals surface area contributed by atoms with Crippen molar-refractivity contribution in [3.8, 4) is 17.2 Å². The van der Waals surface area contributed by atoms with Gasteiger partial charge in [-0.15, -0.1) is 0 Å². The fraction of sp³-hybridized carbons (Fsp3) is 0. The minimum Gasteiger partial charge on any atom is -0.508 e. The van der Waals surface area contributed by atoms with Crippen LogP contribution in [-0.2, 0) is 9.53 Å². The molecule has 0 spiro atoms. The molecule has 4 rings (SSSR count). The van der Waals surface area contributed by atoms with Crippen LogP contribution in [0.3, 0.4) is 0 Å². The average molecular weight is 400 g/mol. The number of ether oxygens (including phenoxy) is 1. The maximum Gasteiger partial charge on any atom is 0.348 e. The summed E-state index contributed by atoms with van der Waals surface area (Å²) >= 11 is 0. The maximum absolute atomic E-state index is 13.1. The minimum absolute atomic E-state index is 0.00111. The van der Waals surface area contributed by atoms with Crippen molar-refractivity contribution in [1.82, 2.24) is 0 Å². The lowest BCUT2D eigenvalue weighted by atomic mass is 9.93. The van der Waals surface area contributed by atoms with Crippen LogP contribution >= 0.6 is 0 Å². The Morgan fingerprint density at radius 1 is 0.733 bits per heavy atom. The number of rotatable bonds is 4. The molecule has 0 saturated carbocycles. The lowest BCUT2D eigenvalue weighted by molar-refractivity contribution is -0.132.